The molecule has 12 N–H and O–H groups in total. The number of nitrogens with zero attached hydrogens (tertiary/aromatic N) is 8. The molecule has 0 spiro atoms. The number of methoxy groups -OCH3 is 1. The van der Waals surface area contributed by atoms with Crippen molar-refractivity contribution >= 4 is 65.4 Å². The Balaban J connectivity index is 0.935. The largest absolute Gasteiger partial charge is 0.490 e. The molecule has 5 aromatic heterocycles. The number of phosphoric ester groups is 3. The van der Waals surface area contributed by atoms with Crippen molar-refractivity contribution in [2.24, 2.45) is 18.9 Å². The number of nitrogen functional groups attached to an aromatic ring is 2. The van der Waals surface area contributed by atoms with Gasteiger partial charge < -0.3 is 60.2 Å². The number of fused-ring (bicyclic) bond motifs is 2. The third-order valence-corrected chi connectivity index (χ3v) is 17.2. The van der Waals surface area contributed by atoms with Crippen LogP contribution >= 0.6 is 31.3 Å². The average Bonchev–Trinajstić information content (AvgIpc) is 4.09. The van der Waals surface area contributed by atoms with Gasteiger partial charge in [-0.15, -0.1) is 0 Å². The first kappa shape index (κ1) is 54.7. The van der Waals surface area contributed by atoms with E-state index in [1.807, 2.05) is 4.98 Å². The minimum absolute atomic E-state index is 0.0269. The van der Waals surface area contributed by atoms with Gasteiger partial charge in [0.15, 0.2) is 36.5 Å². The molecule has 0 aliphatic carbocycles. The summed E-state index contributed by atoms with van der Waals surface area (Å²) in [6, 6.07) is 0.934. The van der Waals surface area contributed by atoms with Gasteiger partial charge in [0.1, 0.15) is 48.5 Å². The molecular weight excluding hydrogens is 1070 g/mol. The summed E-state index contributed by atoms with van der Waals surface area (Å²) in [7, 11) is -20.4. The molecule has 8 heterocycles. The van der Waals surface area contributed by atoms with Gasteiger partial charge in [0, 0.05) is 25.3 Å². The van der Waals surface area contributed by atoms with Crippen LogP contribution < -0.4 is 32.8 Å². The number of hydrogen-bond acceptors (Lipinski definition) is 25. The standard InChI is InChI=1S/C34H48N12O23P4/c1-5-15-14(2)30(46-13-43(3)21-28(46)41-33(36)42-29(21)50)64-16(15)8-62-71(54,55)68-73(58,59)69-72(56,57)63-10-18-24(25(60-4)32(66-18)45-12-39-20-26(35)37-11-38-27(20)45)67-70(52,53)61-9-17-22(48)23(49)31(65-17)44-7-6-19(47)40-34(44)51/h6-7,11-18,22-25,30-32,48-49H,5,8-10H2,1-4H3,(H9-,35,36,37,38,40,41,42,47,50,51,52,53,54,55,56,57,58,59)/p+1/t14-,15+,16-,17-,18-,22-,23-,24-,25-,30-,31-,32-/m1/s1. The van der Waals surface area contributed by atoms with E-state index < -0.39 is 129 Å². The Morgan fingerprint density at radius 1 is 0.808 bits per heavy atom. The first-order chi connectivity index (χ1) is 34.2. The van der Waals surface area contributed by atoms with E-state index in [0.29, 0.717) is 6.42 Å². The number of nitrogens with one attached hydrogen (secondary N) is 2. The van der Waals surface area contributed by atoms with Gasteiger partial charge in [-0.1, -0.05) is 25.3 Å². The summed E-state index contributed by atoms with van der Waals surface area (Å²) in [5, 5.41) is 21.3. The van der Waals surface area contributed by atoms with Crippen LogP contribution in [0.15, 0.2) is 45.6 Å². The van der Waals surface area contributed by atoms with Crippen LogP contribution in [-0.2, 0) is 71.0 Å². The van der Waals surface area contributed by atoms with Gasteiger partial charge in [-0.3, -0.25) is 51.4 Å². The highest BCUT2D eigenvalue weighted by Gasteiger charge is 2.53. The Morgan fingerprint density at radius 3 is 2.11 bits per heavy atom. The van der Waals surface area contributed by atoms with E-state index in [0.717, 1.165) is 36.6 Å². The van der Waals surface area contributed by atoms with Crippen molar-refractivity contribution in [1.29, 1.82) is 0 Å². The van der Waals surface area contributed by atoms with Crippen molar-refractivity contribution in [3.8, 4) is 0 Å². The summed E-state index contributed by atoms with van der Waals surface area (Å²) in [6.45, 7) is 0.654. The number of hydrogen-bond donors (Lipinski definition) is 10. The lowest BCUT2D eigenvalue weighted by Crippen LogP contribution is -2.42. The molecule has 0 saturated carbocycles. The second-order valence-electron chi connectivity index (χ2n) is 16.7. The lowest BCUT2D eigenvalue weighted by atomic mass is 9.89. The normalized spacial score (nSPS) is 30.9. The Labute approximate surface area is 407 Å². The first-order valence-corrected chi connectivity index (χ1v) is 27.4. The SMILES string of the molecule is CC[C@H]1[C@@H](C)[C@H]([n+]2cn(C)c3c(=O)[nH]c(N)nc32)O[C@@H]1COP(=O)(O)OP(=O)(O)OP(=O)(O)OC[C@H]1O[C@@H](n2cnc3c(N)ncnc32)[C@H](OC)[C@@H]1OP(=O)(O)OC[C@H]1O[C@@H](n2ccc(=O)[nH]c2=O)[C@H](O)[C@@H]1O. The van der Waals surface area contributed by atoms with Gasteiger partial charge in [-0.2, -0.15) is 8.62 Å². The van der Waals surface area contributed by atoms with Crippen molar-refractivity contribution in [1.82, 2.24) is 43.6 Å². The molecule has 3 fully saturated rings. The van der Waals surface area contributed by atoms with E-state index >= 15 is 0 Å². The number of anilines is 2. The number of phosphoric acid groups is 4. The van der Waals surface area contributed by atoms with E-state index in [1.54, 1.807) is 31.8 Å². The molecule has 0 radical (unpaired) electrons. The second kappa shape index (κ2) is 20.9. The molecule has 3 saturated heterocycles. The minimum Gasteiger partial charge on any atom is -0.387 e. The van der Waals surface area contributed by atoms with Crippen molar-refractivity contribution in [2.45, 2.75) is 81.7 Å². The van der Waals surface area contributed by atoms with Crippen molar-refractivity contribution in [3.63, 3.8) is 0 Å². The molecule has 73 heavy (non-hydrogen) atoms. The predicted molar refractivity (Wildman–Crippen MR) is 239 cm³/mol. The number of nitrogens with two attached hydrogens (primary N) is 2. The molecule has 3 aliphatic heterocycles. The Kier molecular flexibility index (Phi) is 15.6. The highest BCUT2D eigenvalue weighted by molar-refractivity contribution is 7.66. The molecule has 0 amide bonds. The van der Waals surface area contributed by atoms with Crippen molar-refractivity contribution in [3.05, 3.63) is 62.4 Å². The maximum absolute atomic E-state index is 13.6. The molecule has 0 aromatic carbocycles. The summed E-state index contributed by atoms with van der Waals surface area (Å²) in [5.41, 5.74) is 9.84. The fourth-order valence-corrected chi connectivity index (χ4v) is 13.2. The van der Waals surface area contributed by atoms with Crippen LogP contribution in [0.1, 0.15) is 39.0 Å². The number of aliphatic hydroxyl groups is 2. The second-order valence-corrected chi connectivity index (χ2v) is 22.7. The maximum Gasteiger partial charge on any atom is 0.490 e. The van der Waals surface area contributed by atoms with Crippen molar-refractivity contribution in [2.75, 3.05) is 38.4 Å². The van der Waals surface area contributed by atoms with E-state index in [9.17, 15) is 62.4 Å². The molecule has 16 atom stereocenters. The van der Waals surface area contributed by atoms with Crippen LogP contribution in [0.2, 0.25) is 0 Å². The zero-order chi connectivity index (χ0) is 53.1. The van der Waals surface area contributed by atoms with Crippen LogP contribution in [0.5, 0.6) is 0 Å². The summed E-state index contributed by atoms with van der Waals surface area (Å²) in [4.78, 5) is 99.7. The third-order valence-electron chi connectivity index (χ3n) is 12.0. The fraction of sp³-hybridized carbons (Fsp3) is 0.588. The van der Waals surface area contributed by atoms with E-state index in [2.05, 4.69) is 33.5 Å². The quantitative estimate of drug-likeness (QED) is 0.0299. The van der Waals surface area contributed by atoms with Crippen molar-refractivity contribution < 1.29 is 98.3 Å². The van der Waals surface area contributed by atoms with Gasteiger partial charge in [0.25, 0.3) is 17.1 Å². The highest BCUT2D eigenvalue weighted by Crippen LogP contribution is 2.68. The maximum atomic E-state index is 13.6. The summed E-state index contributed by atoms with van der Waals surface area (Å²) < 4.78 is 110. The van der Waals surface area contributed by atoms with Crippen LogP contribution in [0.3, 0.4) is 0 Å². The number of ether oxygens (including phenoxy) is 4. The number of aromatic amines is 2. The molecule has 0 bridgehead atoms. The number of H-pyrrole nitrogens is 2. The van der Waals surface area contributed by atoms with Gasteiger partial charge >= 0.3 is 42.6 Å². The van der Waals surface area contributed by atoms with Crippen LogP contribution in [0.4, 0.5) is 11.8 Å². The number of imidazole rings is 2. The van der Waals surface area contributed by atoms with E-state index in [-0.39, 0.29) is 45.9 Å². The highest BCUT2D eigenvalue weighted by atomic mass is 31.3. The number of rotatable bonds is 20. The topological polar surface area (TPSA) is 487 Å². The molecule has 39 heteroatoms. The summed E-state index contributed by atoms with van der Waals surface area (Å²) >= 11 is 0. The van der Waals surface area contributed by atoms with Crippen LogP contribution in [-0.4, -0.2) is 143 Å². The number of aromatic nitrogens is 10. The zero-order valence-electron chi connectivity index (χ0n) is 38.3. The van der Waals surface area contributed by atoms with Crippen LogP contribution in [0.25, 0.3) is 22.3 Å². The van der Waals surface area contributed by atoms with Gasteiger partial charge in [-0.25, -0.2) is 42.6 Å². The summed E-state index contributed by atoms with van der Waals surface area (Å²) in [5.74, 6) is -0.970. The van der Waals surface area contributed by atoms with Gasteiger partial charge in [-0.05, 0) is 5.92 Å². The third kappa shape index (κ3) is 11.5. The lowest BCUT2D eigenvalue weighted by Gasteiger charge is -2.26. The summed E-state index contributed by atoms with van der Waals surface area (Å²) in [6.07, 6.45) is -10.1. The predicted octanol–water partition coefficient (Wildman–Crippen LogP) is -1.94. The fourth-order valence-electron chi connectivity index (χ4n) is 8.76. The van der Waals surface area contributed by atoms with Gasteiger partial charge in [0.2, 0.25) is 5.52 Å². The van der Waals surface area contributed by atoms with Gasteiger partial charge in [0.05, 0.1) is 39.3 Å². The Hall–Kier alpha value is -4.54. The molecular formula is C34H49N12O23P4+. The first-order valence-electron chi connectivity index (χ1n) is 21.4. The molecule has 8 rings (SSSR count). The smallest absolute Gasteiger partial charge is 0.387 e. The Bertz CT molecular complexity index is 3240. The number of aliphatic hydroxyl groups excluding tert-OH is 2. The van der Waals surface area contributed by atoms with E-state index in [1.165, 1.54) is 9.13 Å². The molecule has 402 valence electrons. The molecule has 3 aliphatic rings. The van der Waals surface area contributed by atoms with E-state index in [4.69, 9.17) is 48.5 Å². The molecule has 5 aromatic rings. The van der Waals surface area contributed by atoms with Crippen LogP contribution in [0, 0.1) is 11.8 Å². The number of aryl methyl sites for hydroxylation is 1. The Morgan fingerprint density at radius 2 is 1.45 bits per heavy atom. The lowest BCUT2D eigenvalue weighted by molar-refractivity contribution is -0.745. The zero-order valence-corrected chi connectivity index (χ0v) is 41.9. The molecule has 4 unspecified atom stereocenters. The minimum atomic E-state index is -6.10. The molecule has 35 nitrogen and oxygen atoms in total. The average molecular weight is 1120 g/mol. The monoisotopic (exact) mass is 1120 g/mol.